The molecule has 1 aromatic carbocycles. The number of benzene rings is 1. The van der Waals surface area contributed by atoms with Crippen molar-refractivity contribution in [1.29, 1.82) is 0 Å². The van der Waals surface area contributed by atoms with Gasteiger partial charge in [0, 0.05) is 0 Å². The van der Waals surface area contributed by atoms with E-state index in [0.717, 1.165) is 0 Å². The summed E-state index contributed by atoms with van der Waals surface area (Å²) in [4.78, 5) is 20.2. The van der Waals surface area contributed by atoms with Gasteiger partial charge in [0.05, 0.1) is 0 Å². The van der Waals surface area contributed by atoms with Crippen molar-refractivity contribution in [2.45, 2.75) is 0 Å². The average molecular weight is 246 g/mol. The standard InChI is InChI=1S/C8H6O6.2Na.2H/c9-7(10)13-5-1-2-6(4-3-5)14-8(11)12;;;;/h1-4H,(H,9,10)(H,11,12);;;;. The molecule has 0 amide bonds. The molecule has 1 rings (SSSR count). The zero-order valence-corrected chi connectivity index (χ0v) is 6.84. The molecule has 0 unspecified atom stereocenters. The Morgan fingerprint density at radius 3 is 1.25 bits per heavy atom. The van der Waals surface area contributed by atoms with Gasteiger partial charge in [-0.05, 0) is 24.3 Å². The van der Waals surface area contributed by atoms with Crippen LogP contribution in [0.1, 0.15) is 0 Å². The van der Waals surface area contributed by atoms with E-state index in [1.165, 1.54) is 24.3 Å². The van der Waals surface area contributed by atoms with Gasteiger partial charge in [-0.25, -0.2) is 9.59 Å². The van der Waals surface area contributed by atoms with Crippen molar-refractivity contribution in [2.24, 2.45) is 0 Å². The summed E-state index contributed by atoms with van der Waals surface area (Å²) >= 11 is 0. The van der Waals surface area contributed by atoms with Crippen molar-refractivity contribution in [3.8, 4) is 11.5 Å². The summed E-state index contributed by atoms with van der Waals surface area (Å²) in [6.07, 6.45) is -2.87. The summed E-state index contributed by atoms with van der Waals surface area (Å²) in [5.74, 6) is 0.186. The first kappa shape index (κ1) is 18.1. The van der Waals surface area contributed by atoms with Gasteiger partial charge in [-0.3, -0.25) is 0 Å². The Hall–Kier alpha value is -0.240. The number of rotatable bonds is 2. The Kier molecular flexibility index (Phi) is 10.0. The quantitative estimate of drug-likeness (QED) is 0.448. The number of carbonyl (C=O) groups is 2. The summed E-state index contributed by atoms with van der Waals surface area (Å²) in [5, 5.41) is 16.5. The third kappa shape index (κ3) is 7.10. The number of ether oxygens (including phenoxy) is 2. The number of hydrogen-bond acceptors (Lipinski definition) is 4. The Bertz CT molecular complexity index is 315. The van der Waals surface area contributed by atoms with Gasteiger partial charge in [-0.1, -0.05) is 0 Å². The summed E-state index contributed by atoms with van der Waals surface area (Å²) in [7, 11) is 0. The van der Waals surface area contributed by atoms with Crippen LogP contribution in [0.4, 0.5) is 9.59 Å². The van der Waals surface area contributed by atoms with Crippen LogP contribution >= 0.6 is 0 Å². The van der Waals surface area contributed by atoms with E-state index in [9.17, 15) is 9.59 Å². The topological polar surface area (TPSA) is 93.1 Å². The number of carboxylic acid groups (broad SMARTS) is 2. The van der Waals surface area contributed by atoms with Gasteiger partial charge in [0.2, 0.25) is 0 Å². The molecule has 8 heteroatoms. The van der Waals surface area contributed by atoms with Crippen LogP contribution in [0.3, 0.4) is 0 Å². The van der Waals surface area contributed by atoms with Gasteiger partial charge < -0.3 is 19.7 Å². The zero-order chi connectivity index (χ0) is 10.6. The Labute approximate surface area is 135 Å². The summed E-state index contributed by atoms with van der Waals surface area (Å²) in [6, 6.07) is 5.14. The normalized spacial score (nSPS) is 8.00. The van der Waals surface area contributed by atoms with E-state index < -0.39 is 12.3 Å². The monoisotopic (exact) mass is 246 g/mol. The van der Waals surface area contributed by atoms with Gasteiger partial charge in [0.1, 0.15) is 11.5 Å². The fourth-order valence-corrected chi connectivity index (χ4v) is 0.777. The van der Waals surface area contributed by atoms with Gasteiger partial charge >= 0.3 is 71.4 Å². The predicted molar refractivity (Wildman–Crippen MR) is 58.0 cm³/mol. The minimum atomic E-state index is -1.43. The van der Waals surface area contributed by atoms with E-state index in [0.29, 0.717) is 0 Å². The minimum absolute atomic E-state index is 0. The second kappa shape index (κ2) is 8.86. The van der Waals surface area contributed by atoms with Crippen LogP contribution in [0.25, 0.3) is 0 Å². The van der Waals surface area contributed by atoms with E-state index in [1.807, 2.05) is 0 Å². The maximum absolute atomic E-state index is 10.1. The van der Waals surface area contributed by atoms with E-state index in [-0.39, 0.29) is 70.6 Å². The Morgan fingerprint density at radius 1 is 0.812 bits per heavy atom. The van der Waals surface area contributed by atoms with E-state index >= 15 is 0 Å². The molecular weight excluding hydrogens is 238 g/mol. The molecule has 0 radical (unpaired) electrons. The average Bonchev–Trinajstić information content (AvgIpc) is 2.06. The van der Waals surface area contributed by atoms with Gasteiger partial charge in [-0.15, -0.1) is 0 Å². The van der Waals surface area contributed by atoms with Gasteiger partial charge in [-0.2, -0.15) is 0 Å². The summed E-state index contributed by atoms with van der Waals surface area (Å²) < 4.78 is 8.58. The van der Waals surface area contributed by atoms with Crippen molar-refractivity contribution >= 4 is 71.4 Å². The van der Waals surface area contributed by atoms with Crippen LogP contribution in [0, 0.1) is 0 Å². The fourth-order valence-electron chi connectivity index (χ4n) is 0.777. The van der Waals surface area contributed by atoms with E-state index in [2.05, 4.69) is 9.47 Å². The first-order valence-corrected chi connectivity index (χ1v) is 3.49. The van der Waals surface area contributed by atoms with Gasteiger partial charge in [0.25, 0.3) is 0 Å². The summed E-state index contributed by atoms with van der Waals surface area (Å²) in [5.41, 5.74) is 0. The molecule has 2 N–H and O–H groups in total. The van der Waals surface area contributed by atoms with Crippen LogP contribution in [-0.4, -0.2) is 81.6 Å². The van der Waals surface area contributed by atoms with Crippen LogP contribution in [-0.2, 0) is 0 Å². The molecule has 0 aliphatic heterocycles. The molecule has 16 heavy (non-hydrogen) atoms. The number of hydrogen-bond donors (Lipinski definition) is 2. The van der Waals surface area contributed by atoms with Crippen molar-refractivity contribution < 1.29 is 29.3 Å². The zero-order valence-electron chi connectivity index (χ0n) is 6.84. The molecule has 1 aromatic rings. The Morgan fingerprint density at radius 2 is 1.06 bits per heavy atom. The van der Waals surface area contributed by atoms with Crippen molar-refractivity contribution in [3.63, 3.8) is 0 Å². The maximum atomic E-state index is 10.1. The second-order valence-electron chi connectivity index (χ2n) is 2.21. The first-order valence-electron chi connectivity index (χ1n) is 3.49. The molecule has 0 aromatic heterocycles. The molecule has 0 aliphatic rings. The third-order valence-corrected chi connectivity index (χ3v) is 1.23. The molecule has 0 saturated carbocycles. The third-order valence-electron chi connectivity index (χ3n) is 1.23. The molecule has 0 saturated heterocycles. The molecular formula is C8H8Na2O6. The molecule has 0 heterocycles. The van der Waals surface area contributed by atoms with Crippen molar-refractivity contribution in [1.82, 2.24) is 0 Å². The first-order chi connectivity index (χ1) is 6.58. The second-order valence-corrected chi connectivity index (χ2v) is 2.21. The van der Waals surface area contributed by atoms with Crippen LogP contribution in [0.2, 0.25) is 0 Å². The van der Waals surface area contributed by atoms with Crippen molar-refractivity contribution in [3.05, 3.63) is 24.3 Å². The van der Waals surface area contributed by atoms with Crippen LogP contribution in [0.5, 0.6) is 11.5 Å². The predicted octanol–water partition coefficient (Wildman–Crippen LogP) is 0.503. The van der Waals surface area contributed by atoms with Crippen LogP contribution in [0.15, 0.2) is 24.3 Å². The summed E-state index contributed by atoms with van der Waals surface area (Å²) in [6.45, 7) is 0. The fraction of sp³-hybridized carbons (Fsp3) is 0. The molecule has 0 fully saturated rings. The molecule has 0 spiro atoms. The molecule has 6 nitrogen and oxygen atoms in total. The Balaban J connectivity index is 0. The molecule has 0 bridgehead atoms. The van der Waals surface area contributed by atoms with Gasteiger partial charge in [0.15, 0.2) is 0 Å². The van der Waals surface area contributed by atoms with E-state index in [1.54, 1.807) is 0 Å². The van der Waals surface area contributed by atoms with E-state index in [4.69, 9.17) is 10.2 Å². The molecule has 0 atom stereocenters. The SMILES string of the molecule is O=C(O)Oc1ccc(OC(=O)O)cc1.[NaH].[NaH]. The molecule has 0 aliphatic carbocycles. The molecule has 78 valence electrons. The van der Waals surface area contributed by atoms with Crippen molar-refractivity contribution in [2.75, 3.05) is 0 Å². The van der Waals surface area contributed by atoms with Crippen LogP contribution < -0.4 is 9.47 Å².